The Morgan fingerprint density at radius 3 is 2.60 bits per heavy atom. The first-order valence-corrected chi connectivity index (χ1v) is 5.76. The van der Waals surface area contributed by atoms with Crippen LogP contribution in [0.15, 0.2) is 0 Å². The van der Waals surface area contributed by atoms with Gasteiger partial charge in [0.1, 0.15) is 6.04 Å². The highest BCUT2D eigenvalue weighted by molar-refractivity contribution is 5.75. The fourth-order valence-corrected chi connectivity index (χ4v) is 2.19. The highest BCUT2D eigenvalue weighted by atomic mass is 16.5. The molecule has 0 spiro atoms. The second-order valence-corrected chi connectivity index (χ2v) is 5.57. The van der Waals surface area contributed by atoms with Crippen molar-refractivity contribution < 1.29 is 9.53 Å². The van der Waals surface area contributed by atoms with Crippen molar-refractivity contribution in [2.24, 2.45) is 5.41 Å². The summed E-state index contributed by atoms with van der Waals surface area (Å²) in [4.78, 5) is 13.9. The Labute approximate surface area is 92.8 Å². The van der Waals surface area contributed by atoms with Gasteiger partial charge in [-0.15, -0.1) is 0 Å². The van der Waals surface area contributed by atoms with E-state index in [0.717, 1.165) is 25.9 Å². The predicted octanol–water partition coefficient (Wildman–Crippen LogP) is 2.06. The molecular weight excluding hydrogens is 190 g/mol. The molecule has 15 heavy (non-hydrogen) atoms. The van der Waals surface area contributed by atoms with E-state index < -0.39 is 0 Å². The van der Waals surface area contributed by atoms with Crippen LogP contribution in [-0.2, 0) is 9.53 Å². The number of hydrogen-bond donors (Lipinski definition) is 0. The summed E-state index contributed by atoms with van der Waals surface area (Å²) in [6, 6.07) is -0.0111. The van der Waals surface area contributed by atoms with Gasteiger partial charge in [-0.3, -0.25) is 9.69 Å². The highest BCUT2D eigenvalue weighted by Crippen LogP contribution is 2.23. The van der Waals surface area contributed by atoms with Gasteiger partial charge in [0.2, 0.25) is 0 Å². The summed E-state index contributed by atoms with van der Waals surface area (Å²) in [5, 5.41) is 0. The molecule has 0 N–H and O–H groups in total. The Morgan fingerprint density at radius 2 is 2.07 bits per heavy atom. The third-order valence-electron chi connectivity index (χ3n) is 2.76. The van der Waals surface area contributed by atoms with E-state index in [9.17, 15) is 4.79 Å². The van der Waals surface area contributed by atoms with Crippen LogP contribution in [0, 0.1) is 5.41 Å². The monoisotopic (exact) mass is 213 g/mol. The molecule has 3 nitrogen and oxygen atoms in total. The number of nitrogens with zero attached hydrogens (tertiary/aromatic N) is 1. The number of carbonyl (C=O) groups is 1. The molecule has 0 aromatic carbocycles. The number of hydrogen-bond acceptors (Lipinski definition) is 3. The topological polar surface area (TPSA) is 29.5 Å². The minimum atomic E-state index is -0.0704. The average Bonchev–Trinajstić information content (AvgIpc) is 2.15. The second-order valence-electron chi connectivity index (χ2n) is 5.57. The fraction of sp³-hybridized carbons (Fsp3) is 0.917. The van der Waals surface area contributed by atoms with Gasteiger partial charge in [-0.25, -0.2) is 0 Å². The van der Waals surface area contributed by atoms with Crippen LogP contribution >= 0.6 is 0 Å². The zero-order valence-corrected chi connectivity index (χ0v) is 10.4. The molecule has 1 atom stereocenters. The van der Waals surface area contributed by atoms with E-state index in [1.165, 1.54) is 13.5 Å². The van der Waals surface area contributed by atoms with Crippen molar-refractivity contribution in [3.63, 3.8) is 0 Å². The van der Waals surface area contributed by atoms with Crippen molar-refractivity contribution in [2.45, 2.75) is 46.1 Å². The maximum absolute atomic E-state index is 11.6. The summed E-state index contributed by atoms with van der Waals surface area (Å²) in [5.74, 6) is -0.0704. The summed E-state index contributed by atoms with van der Waals surface area (Å²) in [7, 11) is 1.48. The number of carbonyl (C=O) groups excluding carboxylic acids is 1. The van der Waals surface area contributed by atoms with Gasteiger partial charge in [-0.1, -0.05) is 27.2 Å². The number of esters is 1. The van der Waals surface area contributed by atoms with E-state index in [1.807, 2.05) is 0 Å². The molecule has 88 valence electrons. The minimum absolute atomic E-state index is 0.0111. The van der Waals surface area contributed by atoms with E-state index in [1.54, 1.807) is 0 Å². The Morgan fingerprint density at radius 1 is 1.40 bits per heavy atom. The summed E-state index contributed by atoms with van der Waals surface area (Å²) in [6.45, 7) is 8.60. The minimum Gasteiger partial charge on any atom is -0.468 e. The van der Waals surface area contributed by atoms with Gasteiger partial charge in [0, 0.05) is 6.54 Å². The highest BCUT2D eigenvalue weighted by Gasteiger charge is 2.31. The third-order valence-corrected chi connectivity index (χ3v) is 2.76. The molecule has 0 radical (unpaired) electrons. The summed E-state index contributed by atoms with van der Waals surface area (Å²) >= 11 is 0. The van der Waals surface area contributed by atoms with Gasteiger partial charge in [0.05, 0.1) is 7.11 Å². The molecule has 1 saturated heterocycles. The van der Waals surface area contributed by atoms with Crippen molar-refractivity contribution in [1.82, 2.24) is 4.90 Å². The van der Waals surface area contributed by atoms with Crippen molar-refractivity contribution in [3.05, 3.63) is 0 Å². The first-order chi connectivity index (χ1) is 6.94. The molecule has 3 heteroatoms. The Balaban J connectivity index is 2.61. The van der Waals surface area contributed by atoms with Gasteiger partial charge >= 0.3 is 5.97 Å². The molecular formula is C12H23NO2. The lowest BCUT2D eigenvalue weighted by atomic mass is 9.92. The van der Waals surface area contributed by atoms with Crippen LogP contribution in [0.2, 0.25) is 0 Å². The number of likely N-dealkylation sites (tertiary alicyclic amines) is 1. The van der Waals surface area contributed by atoms with Gasteiger partial charge < -0.3 is 4.74 Å². The molecule has 1 fully saturated rings. The van der Waals surface area contributed by atoms with E-state index >= 15 is 0 Å². The van der Waals surface area contributed by atoms with Gasteiger partial charge in [-0.2, -0.15) is 0 Å². The van der Waals surface area contributed by atoms with Crippen LogP contribution < -0.4 is 0 Å². The lowest BCUT2D eigenvalue weighted by molar-refractivity contribution is -0.148. The van der Waals surface area contributed by atoms with E-state index in [2.05, 4.69) is 25.7 Å². The lowest BCUT2D eigenvalue weighted by Crippen LogP contribution is -2.48. The molecule has 0 amide bonds. The van der Waals surface area contributed by atoms with Crippen LogP contribution in [0.4, 0.5) is 0 Å². The smallest absolute Gasteiger partial charge is 0.323 e. The predicted molar refractivity (Wildman–Crippen MR) is 60.7 cm³/mol. The zero-order valence-electron chi connectivity index (χ0n) is 10.4. The van der Waals surface area contributed by atoms with Crippen molar-refractivity contribution in [1.29, 1.82) is 0 Å². The molecule has 1 heterocycles. The van der Waals surface area contributed by atoms with Crippen molar-refractivity contribution in [3.8, 4) is 0 Å². The normalized spacial score (nSPS) is 23.9. The van der Waals surface area contributed by atoms with E-state index in [0.29, 0.717) is 0 Å². The van der Waals surface area contributed by atoms with Crippen LogP contribution in [0.5, 0.6) is 0 Å². The Hall–Kier alpha value is -0.570. The molecule has 0 aliphatic carbocycles. The van der Waals surface area contributed by atoms with Crippen LogP contribution in [0.25, 0.3) is 0 Å². The first kappa shape index (κ1) is 12.5. The molecule has 1 unspecified atom stereocenters. The molecule has 1 rings (SSSR count). The van der Waals surface area contributed by atoms with Gasteiger partial charge in [0.15, 0.2) is 0 Å². The standard InChI is InChI=1S/C12H23NO2/c1-12(2,3)9-13-8-6-5-7-10(13)11(14)15-4/h10H,5-9H2,1-4H3. The molecule has 1 aliphatic rings. The summed E-state index contributed by atoms with van der Waals surface area (Å²) < 4.78 is 4.85. The van der Waals surface area contributed by atoms with Crippen molar-refractivity contribution in [2.75, 3.05) is 20.2 Å². The molecule has 0 bridgehead atoms. The maximum Gasteiger partial charge on any atom is 0.323 e. The summed E-state index contributed by atoms with van der Waals surface area (Å²) in [6.07, 6.45) is 3.28. The van der Waals surface area contributed by atoms with Crippen LogP contribution in [0.1, 0.15) is 40.0 Å². The number of ether oxygens (including phenoxy) is 1. The molecule has 0 saturated carbocycles. The van der Waals surface area contributed by atoms with Crippen LogP contribution in [-0.4, -0.2) is 37.1 Å². The van der Waals surface area contributed by atoms with Gasteiger partial charge in [-0.05, 0) is 24.8 Å². The lowest BCUT2D eigenvalue weighted by Gasteiger charge is -2.37. The van der Waals surface area contributed by atoms with E-state index in [-0.39, 0.29) is 17.4 Å². The number of rotatable bonds is 2. The van der Waals surface area contributed by atoms with Crippen LogP contribution in [0.3, 0.4) is 0 Å². The molecule has 1 aliphatic heterocycles. The molecule has 0 aromatic heterocycles. The SMILES string of the molecule is COC(=O)C1CCCCN1CC(C)(C)C. The average molecular weight is 213 g/mol. The second kappa shape index (κ2) is 4.97. The Kier molecular flexibility index (Phi) is 4.14. The first-order valence-electron chi connectivity index (χ1n) is 5.76. The van der Waals surface area contributed by atoms with Crippen molar-refractivity contribution >= 4 is 5.97 Å². The largest absolute Gasteiger partial charge is 0.468 e. The Bertz CT molecular complexity index is 220. The third kappa shape index (κ3) is 3.82. The van der Waals surface area contributed by atoms with Gasteiger partial charge in [0.25, 0.3) is 0 Å². The van der Waals surface area contributed by atoms with E-state index in [4.69, 9.17) is 4.74 Å². The number of piperidine rings is 1. The quantitative estimate of drug-likeness (QED) is 0.658. The zero-order chi connectivity index (χ0) is 11.5. The number of methoxy groups -OCH3 is 1. The maximum atomic E-state index is 11.6. The molecule has 0 aromatic rings. The fourth-order valence-electron chi connectivity index (χ4n) is 2.19. The summed E-state index contributed by atoms with van der Waals surface area (Å²) in [5.41, 5.74) is 0.240.